The molecule has 2 saturated carbocycles. The Hall–Kier alpha value is -0.220. The fourth-order valence-electron chi connectivity index (χ4n) is 3.00. The lowest BCUT2D eigenvalue weighted by Gasteiger charge is -2.31. The summed E-state index contributed by atoms with van der Waals surface area (Å²) in [6.45, 7) is 0. The Balaban J connectivity index is 1.79. The summed E-state index contributed by atoms with van der Waals surface area (Å²) in [5, 5.41) is 3.97. The molecule has 0 aromatic carbocycles. The molecule has 98 valence electrons. The second-order valence-electron chi connectivity index (χ2n) is 5.55. The third kappa shape index (κ3) is 3.16. The van der Waals surface area contributed by atoms with E-state index in [0.29, 0.717) is 6.04 Å². The molecule has 0 heterocycles. The van der Waals surface area contributed by atoms with Crippen molar-refractivity contribution in [3.05, 3.63) is 0 Å². The van der Waals surface area contributed by atoms with Crippen LogP contribution in [0.2, 0.25) is 0 Å². The minimum Gasteiger partial charge on any atom is -0.352 e. The van der Waals surface area contributed by atoms with Gasteiger partial charge < -0.3 is 11.1 Å². The second-order valence-corrected chi connectivity index (χ2v) is 6.68. The van der Waals surface area contributed by atoms with Crippen molar-refractivity contribution in [2.45, 2.75) is 68.2 Å². The molecule has 17 heavy (non-hydrogen) atoms. The minimum absolute atomic E-state index is 0.0996. The molecule has 0 saturated heterocycles. The van der Waals surface area contributed by atoms with Gasteiger partial charge in [0.25, 0.3) is 0 Å². The average Bonchev–Trinajstić information content (AvgIpc) is 2.78. The highest BCUT2D eigenvalue weighted by molar-refractivity contribution is 7.99. The Morgan fingerprint density at radius 1 is 1.24 bits per heavy atom. The number of nitrogens with one attached hydrogen (secondary N) is 1. The molecule has 4 heteroatoms. The first-order chi connectivity index (χ1) is 8.14. The van der Waals surface area contributed by atoms with Crippen LogP contribution in [0.1, 0.15) is 51.4 Å². The average molecular weight is 256 g/mol. The van der Waals surface area contributed by atoms with Gasteiger partial charge in [0, 0.05) is 11.3 Å². The monoisotopic (exact) mass is 256 g/mol. The molecule has 0 atom stereocenters. The molecule has 0 unspecified atom stereocenters. The van der Waals surface area contributed by atoms with E-state index in [9.17, 15) is 4.79 Å². The topological polar surface area (TPSA) is 55.1 Å². The predicted molar refractivity (Wildman–Crippen MR) is 73.1 cm³/mol. The van der Waals surface area contributed by atoms with Crippen LogP contribution in [0.15, 0.2) is 0 Å². The Morgan fingerprint density at radius 3 is 2.35 bits per heavy atom. The van der Waals surface area contributed by atoms with Crippen molar-refractivity contribution in [2.75, 3.05) is 6.26 Å². The molecule has 2 rings (SSSR count). The van der Waals surface area contributed by atoms with E-state index < -0.39 is 5.54 Å². The van der Waals surface area contributed by atoms with Crippen LogP contribution < -0.4 is 11.1 Å². The van der Waals surface area contributed by atoms with Crippen molar-refractivity contribution < 1.29 is 4.79 Å². The highest BCUT2D eigenvalue weighted by atomic mass is 32.2. The minimum atomic E-state index is -0.559. The zero-order valence-corrected chi connectivity index (χ0v) is 11.5. The van der Waals surface area contributed by atoms with E-state index >= 15 is 0 Å². The molecule has 1 amide bonds. The molecule has 0 aromatic heterocycles. The number of nitrogens with two attached hydrogens (primary N) is 1. The summed E-state index contributed by atoms with van der Waals surface area (Å²) in [6.07, 6.45) is 10.8. The molecule has 3 nitrogen and oxygen atoms in total. The van der Waals surface area contributed by atoms with E-state index in [-0.39, 0.29) is 5.91 Å². The predicted octanol–water partition coefficient (Wildman–Crippen LogP) is 2.05. The zero-order valence-electron chi connectivity index (χ0n) is 10.7. The maximum atomic E-state index is 12.1. The maximum Gasteiger partial charge on any atom is 0.240 e. The molecule has 0 radical (unpaired) electrons. The summed E-state index contributed by atoms with van der Waals surface area (Å²) in [4.78, 5) is 12.1. The molecular weight excluding hydrogens is 232 g/mol. The third-order valence-electron chi connectivity index (χ3n) is 4.29. The van der Waals surface area contributed by atoms with E-state index in [4.69, 9.17) is 5.73 Å². The van der Waals surface area contributed by atoms with Crippen molar-refractivity contribution >= 4 is 17.7 Å². The summed E-state index contributed by atoms with van der Waals surface area (Å²) in [6, 6.07) is 0.368. The van der Waals surface area contributed by atoms with Crippen LogP contribution in [0.3, 0.4) is 0 Å². The lowest BCUT2D eigenvalue weighted by Crippen LogP contribution is -2.55. The van der Waals surface area contributed by atoms with Gasteiger partial charge in [0.15, 0.2) is 0 Å². The molecule has 2 aliphatic carbocycles. The van der Waals surface area contributed by atoms with Gasteiger partial charge in [-0.1, -0.05) is 12.8 Å². The second kappa shape index (κ2) is 5.61. The quantitative estimate of drug-likeness (QED) is 0.812. The standard InChI is InChI=1S/C13H24N2OS/c1-17-11-6-4-10(5-7-11)15-12(16)13(14)8-2-3-9-13/h10-11H,2-9,14H2,1H3,(H,15,16). The summed E-state index contributed by atoms with van der Waals surface area (Å²) < 4.78 is 0. The van der Waals surface area contributed by atoms with Crippen LogP contribution in [-0.2, 0) is 4.79 Å². The van der Waals surface area contributed by atoms with Crippen LogP contribution in [0.5, 0.6) is 0 Å². The van der Waals surface area contributed by atoms with Gasteiger partial charge in [-0.15, -0.1) is 0 Å². The van der Waals surface area contributed by atoms with Crippen LogP contribution in [0.4, 0.5) is 0 Å². The number of carbonyl (C=O) groups excluding carboxylic acids is 1. The maximum absolute atomic E-state index is 12.1. The zero-order chi connectivity index (χ0) is 12.3. The van der Waals surface area contributed by atoms with Crippen LogP contribution >= 0.6 is 11.8 Å². The normalized spacial score (nSPS) is 32.4. The Kier molecular flexibility index (Phi) is 4.36. The van der Waals surface area contributed by atoms with Gasteiger partial charge in [0.05, 0.1) is 5.54 Å². The SMILES string of the molecule is CSC1CCC(NC(=O)C2(N)CCCC2)CC1. The van der Waals surface area contributed by atoms with Crippen LogP contribution in [0, 0.1) is 0 Å². The number of thioether (sulfide) groups is 1. The first kappa shape index (κ1) is 13.2. The van der Waals surface area contributed by atoms with Crippen molar-refractivity contribution in [3.63, 3.8) is 0 Å². The first-order valence-electron chi connectivity index (χ1n) is 6.77. The number of hydrogen-bond acceptors (Lipinski definition) is 3. The van der Waals surface area contributed by atoms with Gasteiger partial charge in [0.1, 0.15) is 0 Å². The van der Waals surface area contributed by atoms with Gasteiger partial charge in [-0.05, 0) is 44.8 Å². The number of amides is 1. The lowest BCUT2D eigenvalue weighted by molar-refractivity contribution is -0.127. The van der Waals surface area contributed by atoms with E-state index in [1.54, 1.807) is 0 Å². The Morgan fingerprint density at radius 2 is 1.82 bits per heavy atom. The van der Waals surface area contributed by atoms with E-state index in [0.717, 1.165) is 43.8 Å². The molecule has 3 N–H and O–H groups in total. The molecule has 0 aliphatic heterocycles. The highest BCUT2D eigenvalue weighted by Gasteiger charge is 2.38. The molecule has 2 aliphatic rings. The lowest BCUT2D eigenvalue weighted by atomic mass is 9.92. The molecular formula is C13H24N2OS. The van der Waals surface area contributed by atoms with Crippen LogP contribution in [-0.4, -0.2) is 29.0 Å². The first-order valence-corrected chi connectivity index (χ1v) is 8.05. The van der Waals surface area contributed by atoms with Gasteiger partial charge in [0.2, 0.25) is 5.91 Å². The number of hydrogen-bond donors (Lipinski definition) is 2. The fraction of sp³-hybridized carbons (Fsp3) is 0.923. The van der Waals surface area contributed by atoms with Crippen LogP contribution in [0.25, 0.3) is 0 Å². The van der Waals surface area contributed by atoms with E-state index in [2.05, 4.69) is 11.6 Å². The number of carbonyl (C=O) groups is 1. The van der Waals surface area contributed by atoms with Crippen molar-refractivity contribution in [1.29, 1.82) is 0 Å². The molecule has 2 fully saturated rings. The Labute approximate surface area is 108 Å². The van der Waals surface area contributed by atoms with Crippen molar-refractivity contribution in [3.8, 4) is 0 Å². The largest absolute Gasteiger partial charge is 0.352 e. The molecule has 0 aromatic rings. The van der Waals surface area contributed by atoms with Gasteiger partial charge in [-0.3, -0.25) is 4.79 Å². The van der Waals surface area contributed by atoms with Gasteiger partial charge >= 0.3 is 0 Å². The summed E-state index contributed by atoms with van der Waals surface area (Å²) in [5.74, 6) is 0.0996. The van der Waals surface area contributed by atoms with Crippen molar-refractivity contribution in [2.24, 2.45) is 5.73 Å². The summed E-state index contributed by atoms with van der Waals surface area (Å²) in [5.41, 5.74) is 5.60. The van der Waals surface area contributed by atoms with Crippen molar-refractivity contribution in [1.82, 2.24) is 5.32 Å². The molecule has 0 bridgehead atoms. The molecule has 0 spiro atoms. The number of rotatable bonds is 3. The highest BCUT2D eigenvalue weighted by Crippen LogP contribution is 2.30. The summed E-state index contributed by atoms with van der Waals surface area (Å²) >= 11 is 1.95. The van der Waals surface area contributed by atoms with E-state index in [1.165, 1.54) is 12.8 Å². The van der Waals surface area contributed by atoms with E-state index in [1.807, 2.05) is 11.8 Å². The smallest absolute Gasteiger partial charge is 0.240 e. The van der Waals surface area contributed by atoms with Gasteiger partial charge in [-0.25, -0.2) is 0 Å². The third-order valence-corrected chi connectivity index (χ3v) is 5.43. The fourth-order valence-corrected chi connectivity index (χ4v) is 3.75. The summed E-state index contributed by atoms with van der Waals surface area (Å²) in [7, 11) is 0. The Bertz CT molecular complexity index is 269. The van der Waals surface area contributed by atoms with Gasteiger partial charge in [-0.2, -0.15) is 11.8 Å².